The first-order chi connectivity index (χ1) is 9.11. The molecular formula is C14H26O5. The molecule has 0 heterocycles. The second-order valence-electron chi connectivity index (χ2n) is 4.87. The summed E-state index contributed by atoms with van der Waals surface area (Å²) in [5.41, 5.74) is -1.43. The molecule has 4 N–H and O–H groups in total. The van der Waals surface area contributed by atoms with Gasteiger partial charge in [-0.3, -0.25) is 0 Å². The highest BCUT2D eigenvalue weighted by molar-refractivity contribution is 4.99. The quantitative estimate of drug-likeness (QED) is 0.538. The van der Waals surface area contributed by atoms with Gasteiger partial charge in [0.15, 0.2) is 0 Å². The van der Waals surface area contributed by atoms with Crippen molar-refractivity contribution >= 4 is 0 Å². The molecule has 0 amide bonds. The molecule has 0 saturated heterocycles. The summed E-state index contributed by atoms with van der Waals surface area (Å²) in [5, 5.41) is 37.4. The van der Waals surface area contributed by atoms with E-state index >= 15 is 0 Å². The summed E-state index contributed by atoms with van der Waals surface area (Å²) in [6, 6.07) is 0. The molecule has 1 fully saturated rings. The number of hydrogen-bond acceptors (Lipinski definition) is 5. The van der Waals surface area contributed by atoms with Crippen LogP contribution in [0.25, 0.3) is 0 Å². The minimum absolute atomic E-state index is 0.176. The van der Waals surface area contributed by atoms with Crippen LogP contribution >= 0.6 is 0 Å². The first-order valence-electron chi connectivity index (χ1n) is 6.42. The molecule has 0 aliphatic heterocycles. The van der Waals surface area contributed by atoms with Gasteiger partial charge in [0.2, 0.25) is 0 Å². The van der Waals surface area contributed by atoms with Gasteiger partial charge in [-0.2, -0.15) is 0 Å². The molecule has 5 heteroatoms. The maximum atomic E-state index is 9.36. The van der Waals surface area contributed by atoms with Crippen LogP contribution in [0.2, 0.25) is 0 Å². The van der Waals surface area contributed by atoms with Crippen molar-refractivity contribution in [3.63, 3.8) is 0 Å². The molecule has 0 aromatic rings. The summed E-state index contributed by atoms with van der Waals surface area (Å²) in [7, 11) is 0. The highest BCUT2D eigenvalue weighted by Crippen LogP contribution is 2.49. The molecule has 1 aliphatic carbocycles. The Kier molecular flexibility index (Phi) is 8.67. The SMILES string of the molecule is C=COC=C.OCC1(CO)CCCCC1(CO)CO. The maximum absolute atomic E-state index is 9.36. The molecule has 0 unspecified atom stereocenters. The van der Waals surface area contributed by atoms with E-state index in [1.807, 2.05) is 0 Å². The predicted octanol–water partition coefficient (Wildman–Crippen LogP) is 0.792. The normalized spacial score (nSPS) is 19.8. The molecule has 0 spiro atoms. The molecule has 1 rings (SSSR count). The van der Waals surface area contributed by atoms with Gasteiger partial charge in [0.05, 0.1) is 39.0 Å². The molecule has 0 bridgehead atoms. The van der Waals surface area contributed by atoms with Crippen LogP contribution in [0.4, 0.5) is 0 Å². The first kappa shape index (κ1) is 18.1. The van der Waals surface area contributed by atoms with Crippen LogP contribution in [0.1, 0.15) is 25.7 Å². The van der Waals surface area contributed by atoms with Crippen molar-refractivity contribution in [3.05, 3.63) is 25.7 Å². The molecule has 5 nitrogen and oxygen atoms in total. The number of aliphatic hydroxyl groups excluding tert-OH is 4. The third-order valence-corrected chi connectivity index (χ3v) is 4.09. The van der Waals surface area contributed by atoms with Crippen molar-refractivity contribution in [3.8, 4) is 0 Å². The monoisotopic (exact) mass is 274 g/mol. The minimum atomic E-state index is -0.714. The lowest BCUT2D eigenvalue weighted by atomic mass is 9.57. The van der Waals surface area contributed by atoms with Crippen LogP contribution in [0.3, 0.4) is 0 Å². The maximum Gasteiger partial charge on any atom is 0.0829 e. The van der Waals surface area contributed by atoms with Crippen molar-refractivity contribution in [2.45, 2.75) is 25.7 Å². The van der Waals surface area contributed by atoms with Crippen molar-refractivity contribution < 1.29 is 25.2 Å². The van der Waals surface area contributed by atoms with Crippen molar-refractivity contribution in [2.24, 2.45) is 10.8 Å². The van der Waals surface area contributed by atoms with Gasteiger partial charge in [-0.25, -0.2) is 0 Å². The Morgan fingerprint density at radius 2 is 1.11 bits per heavy atom. The third-order valence-electron chi connectivity index (χ3n) is 4.09. The lowest BCUT2D eigenvalue weighted by molar-refractivity contribution is -0.137. The molecule has 1 aliphatic rings. The molecule has 0 aromatic heterocycles. The Bertz CT molecular complexity index is 231. The fourth-order valence-electron chi connectivity index (χ4n) is 2.61. The van der Waals surface area contributed by atoms with Crippen molar-refractivity contribution in [1.82, 2.24) is 0 Å². The lowest BCUT2D eigenvalue weighted by Gasteiger charge is -2.50. The van der Waals surface area contributed by atoms with Crippen LogP contribution in [0, 0.1) is 10.8 Å². The van der Waals surface area contributed by atoms with Gasteiger partial charge in [0.1, 0.15) is 0 Å². The topological polar surface area (TPSA) is 90.2 Å². The van der Waals surface area contributed by atoms with E-state index in [4.69, 9.17) is 0 Å². The lowest BCUT2D eigenvalue weighted by Crippen LogP contribution is -2.54. The molecule has 0 atom stereocenters. The van der Waals surface area contributed by atoms with Gasteiger partial charge in [0.25, 0.3) is 0 Å². The zero-order chi connectivity index (χ0) is 14.8. The van der Waals surface area contributed by atoms with Crippen molar-refractivity contribution in [2.75, 3.05) is 26.4 Å². The van der Waals surface area contributed by atoms with E-state index in [9.17, 15) is 20.4 Å². The summed E-state index contributed by atoms with van der Waals surface area (Å²) in [6.45, 7) is 5.81. The summed E-state index contributed by atoms with van der Waals surface area (Å²) in [5.74, 6) is 0. The smallest absolute Gasteiger partial charge is 0.0829 e. The average molecular weight is 274 g/mol. The van der Waals surface area contributed by atoms with E-state index in [2.05, 4.69) is 17.9 Å². The standard InChI is InChI=1S/C10H20O4.C4H6O/c11-5-9(6-12)3-1-2-4-10(9,7-13)8-14;1-3-5-4-2/h11-14H,1-8H2;3-4H,1-2H2. The highest BCUT2D eigenvalue weighted by atomic mass is 16.5. The van der Waals surface area contributed by atoms with Crippen LogP contribution in [-0.4, -0.2) is 46.9 Å². The number of ether oxygens (including phenoxy) is 1. The summed E-state index contributed by atoms with van der Waals surface area (Å²) < 4.78 is 4.36. The fraction of sp³-hybridized carbons (Fsp3) is 0.714. The van der Waals surface area contributed by atoms with E-state index in [0.717, 1.165) is 12.8 Å². The zero-order valence-corrected chi connectivity index (χ0v) is 11.4. The molecule has 0 aromatic carbocycles. The molecule has 0 radical (unpaired) electrons. The molecule has 1 saturated carbocycles. The second kappa shape index (κ2) is 9.09. The number of rotatable bonds is 6. The summed E-state index contributed by atoms with van der Waals surface area (Å²) in [6.07, 6.45) is 5.83. The third kappa shape index (κ3) is 4.04. The van der Waals surface area contributed by atoms with Gasteiger partial charge in [-0.15, -0.1) is 0 Å². The molecule has 112 valence electrons. The Morgan fingerprint density at radius 3 is 1.26 bits per heavy atom. The van der Waals surface area contributed by atoms with E-state index in [-0.39, 0.29) is 26.4 Å². The van der Waals surface area contributed by atoms with E-state index < -0.39 is 10.8 Å². The average Bonchev–Trinajstić information content (AvgIpc) is 2.48. The zero-order valence-electron chi connectivity index (χ0n) is 11.4. The second-order valence-corrected chi connectivity index (χ2v) is 4.87. The molecular weight excluding hydrogens is 248 g/mol. The van der Waals surface area contributed by atoms with Gasteiger partial charge in [0, 0.05) is 10.8 Å². The Labute approximate surface area is 114 Å². The molecule has 19 heavy (non-hydrogen) atoms. The largest absolute Gasteiger partial charge is 0.474 e. The predicted molar refractivity (Wildman–Crippen MR) is 73.2 cm³/mol. The summed E-state index contributed by atoms with van der Waals surface area (Å²) in [4.78, 5) is 0. The number of hydrogen-bond donors (Lipinski definition) is 4. The minimum Gasteiger partial charge on any atom is -0.474 e. The van der Waals surface area contributed by atoms with E-state index in [1.165, 1.54) is 12.5 Å². The van der Waals surface area contributed by atoms with Crippen LogP contribution in [0.5, 0.6) is 0 Å². The van der Waals surface area contributed by atoms with Crippen LogP contribution in [0.15, 0.2) is 25.7 Å². The van der Waals surface area contributed by atoms with Gasteiger partial charge >= 0.3 is 0 Å². The van der Waals surface area contributed by atoms with Gasteiger partial charge in [-0.1, -0.05) is 26.0 Å². The van der Waals surface area contributed by atoms with Gasteiger partial charge in [-0.05, 0) is 12.8 Å². The first-order valence-corrected chi connectivity index (χ1v) is 6.42. The van der Waals surface area contributed by atoms with E-state index in [0.29, 0.717) is 12.8 Å². The Hall–Kier alpha value is -0.880. The Balaban J connectivity index is 0.000000555. The fourth-order valence-corrected chi connectivity index (χ4v) is 2.61. The van der Waals surface area contributed by atoms with Crippen LogP contribution in [-0.2, 0) is 4.74 Å². The van der Waals surface area contributed by atoms with Crippen LogP contribution < -0.4 is 0 Å². The highest BCUT2D eigenvalue weighted by Gasteiger charge is 2.51. The Morgan fingerprint density at radius 1 is 0.789 bits per heavy atom. The number of aliphatic hydroxyl groups is 4. The van der Waals surface area contributed by atoms with Crippen molar-refractivity contribution in [1.29, 1.82) is 0 Å². The summed E-state index contributed by atoms with van der Waals surface area (Å²) >= 11 is 0. The van der Waals surface area contributed by atoms with Gasteiger partial charge < -0.3 is 25.2 Å². The van der Waals surface area contributed by atoms with E-state index in [1.54, 1.807) is 0 Å².